The molecule has 7 nitrogen and oxygen atoms in total. The maximum absolute atomic E-state index is 14.1. The Kier molecular flexibility index (Phi) is 17.1. The second-order valence-corrected chi connectivity index (χ2v) is 13.9. The van der Waals surface area contributed by atoms with Gasteiger partial charge in [0, 0.05) is 57.5 Å². The first-order chi connectivity index (χ1) is 25.2. The van der Waals surface area contributed by atoms with E-state index in [4.69, 9.17) is 9.47 Å². The standard InChI is InChI=1S/C39H37F6N2O5.Re.Sn/c1-51-35-23-34(52-18-8-13-36(49)46-24-28-11-6-3-7-12-28)15-14-31(35)26-47(37(50)30(16-17-48)19-27-9-4-2-5-10-27)25-29-20-32(38(40,41)42)22-33(21-29)39(43,44)45;;/h2,4-7,9-12,14-15,17,20-23,30H,8,13,16,18-19,24-26H2,1H3,(H,46,49);;. The van der Waals surface area contributed by atoms with Crippen LogP contribution in [0.2, 0.25) is 0 Å². The molecule has 2 amide bonds. The van der Waals surface area contributed by atoms with Gasteiger partial charge in [0.1, 0.15) is 12.0 Å². The van der Waals surface area contributed by atoms with Crippen LogP contribution in [0.15, 0.2) is 91.0 Å². The minimum Gasteiger partial charge on any atom is -0.334 e. The van der Waals surface area contributed by atoms with Crippen LogP contribution in [0, 0.1) is 5.92 Å². The molecule has 0 aromatic heterocycles. The molecule has 0 spiro atoms. The third-order valence-corrected chi connectivity index (χ3v) is 9.22. The van der Waals surface area contributed by atoms with Gasteiger partial charge in [-0.15, -0.1) is 0 Å². The number of nitrogens with zero attached hydrogens (tertiary/aromatic N) is 1. The maximum Gasteiger partial charge on any atom is 0.416 e. The van der Waals surface area contributed by atoms with Crippen molar-refractivity contribution in [1.29, 1.82) is 0 Å². The predicted molar refractivity (Wildman–Crippen MR) is 186 cm³/mol. The van der Waals surface area contributed by atoms with Crippen molar-refractivity contribution in [3.05, 3.63) is 124 Å². The van der Waals surface area contributed by atoms with Gasteiger partial charge in [-0.2, -0.15) is 26.3 Å². The van der Waals surface area contributed by atoms with Gasteiger partial charge in [0.15, 0.2) is 0 Å². The van der Waals surface area contributed by atoms with Gasteiger partial charge in [-0.3, -0.25) is 4.79 Å². The molecular weight excluding hydrogens is 995 g/mol. The summed E-state index contributed by atoms with van der Waals surface area (Å²) < 4.78 is 94.8. The fourth-order valence-electron chi connectivity index (χ4n) is 5.57. The van der Waals surface area contributed by atoms with Crippen molar-refractivity contribution in [1.82, 2.24) is 10.2 Å². The first kappa shape index (κ1) is 44.5. The van der Waals surface area contributed by atoms with Crippen molar-refractivity contribution < 1.29 is 70.6 Å². The Labute approximate surface area is 336 Å². The van der Waals surface area contributed by atoms with Gasteiger partial charge >= 0.3 is 121 Å². The van der Waals surface area contributed by atoms with E-state index in [1.807, 2.05) is 24.3 Å². The van der Waals surface area contributed by atoms with Crippen LogP contribution in [-0.4, -0.2) is 59.2 Å². The molecule has 0 bridgehead atoms. The van der Waals surface area contributed by atoms with Crippen LogP contribution in [0.5, 0.6) is 11.5 Å². The molecule has 0 saturated carbocycles. The number of aldehydes is 1. The molecule has 0 aliphatic rings. The van der Waals surface area contributed by atoms with E-state index < -0.39 is 47.4 Å². The summed E-state index contributed by atoms with van der Waals surface area (Å²) in [6, 6.07) is 22.6. The second kappa shape index (κ2) is 20.7. The van der Waals surface area contributed by atoms with E-state index in [9.17, 15) is 40.7 Å². The first-order valence-electron chi connectivity index (χ1n) is 16.6. The molecule has 0 aliphatic heterocycles. The zero-order valence-electron chi connectivity index (χ0n) is 29.1. The summed E-state index contributed by atoms with van der Waals surface area (Å²) in [4.78, 5) is 39.2. The quantitative estimate of drug-likeness (QED) is 0.0535. The molecular formula is C39H37F6N2O5ReSn. The van der Waals surface area contributed by atoms with E-state index in [-0.39, 0.29) is 70.6 Å². The number of carbonyl (C=O) groups is 3. The number of methoxy groups -OCH3 is 1. The molecule has 1 atom stereocenters. The number of hydrogen-bond acceptors (Lipinski definition) is 5. The number of carbonyl (C=O) groups excluding carboxylic acids is 3. The van der Waals surface area contributed by atoms with Gasteiger partial charge in [0.2, 0.25) is 5.91 Å². The number of hydrogen-bond donors (Lipinski definition) is 1. The molecule has 54 heavy (non-hydrogen) atoms. The van der Waals surface area contributed by atoms with Crippen LogP contribution in [0.1, 0.15) is 52.6 Å². The van der Waals surface area contributed by atoms with Crippen molar-refractivity contribution in [2.45, 2.75) is 57.7 Å². The second-order valence-electron chi connectivity index (χ2n) is 12.3. The first-order valence-corrected chi connectivity index (χ1v) is 18.0. The summed E-state index contributed by atoms with van der Waals surface area (Å²) in [7, 11) is 1.36. The van der Waals surface area contributed by atoms with Gasteiger partial charge in [0.05, 0.1) is 18.2 Å². The monoisotopic (exact) mass is 1030 g/mol. The number of nitrogens with one attached hydrogen (secondary N) is 1. The maximum atomic E-state index is 14.1. The van der Waals surface area contributed by atoms with Crippen molar-refractivity contribution in [3.8, 4) is 11.5 Å². The SMILES string of the molecule is COc1cc(OCCCC(=O)NCc2cc[c]([Sn])cc2)ccc1CN(Cc1cc(C(F)(F)F)cc(C(F)(F)F)c1)C(=O)C(CC=O)Cc1ccccc1.[Re]. The summed E-state index contributed by atoms with van der Waals surface area (Å²) >= 11 is 1.31. The minimum absolute atomic E-state index is 0. The molecule has 4 rings (SSSR count). The Bertz CT molecular complexity index is 1810. The Hall–Kier alpha value is -3.87. The summed E-state index contributed by atoms with van der Waals surface area (Å²) in [5.41, 5.74) is -1.32. The van der Waals surface area contributed by atoms with Crippen LogP contribution in [0.25, 0.3) is 0 Å². The smallest absolute Gasteiger partial charge is 0.334 e. The summed E-state index contributed by atoms with van der Waals surface area (Å²) in [6.07, 6.45) is -9.09. The van der Waals surface area contributed by atoms with Gasteiger partial charge < -0.3 is 14.4 Å². The molecule has 0 aliphatic carbocycles. The summed E-state index contributed by atoms with van der Waals surface area (Å²) in [5, 5.41) is 2.87. The van der Waals surface area contributed by atoms with Gasteiger partial charge in [0.25, 0.3) is 0 Å². The van der Waals surface area contributed by atoms with E-state index >= 15 is 0 Å². The molecule has 0 saturated heterocycles. The fraction of sp³-hybridized carbons (Fsp3) is 0.308. The van der Waals surface area contributed by atoms with Crippen molar-refractivity contribution in [2.75, 3.05) is 13.7 Å². The predicted octanol–water partition coefficient (Wildman–Crippen LogP) is 6.98. The number of benzene rings is 4. The summed E-state index contributed by atoms with van der Waals surface area (Å²) in [6.45, 7) is -0.289. The molecule has 0 fully saturated rings. The van der Waals surface area contributed by atoms with Crippen molar-refractivity contribution in [2.24, 2.45) is 5.92 Å². The zero-order chi connectivity index (χ0) is 38.6. The van der Waals surface area contributed by atoms with Gasteiger partial charge in [-0.25, -0.2) is 0 Å². The van der Waals surface area contributed by atoms with E-state index in [2.05, 4.69) is 5.32 Å². The Morgan fingerprint density at radius 2 is 1.48 bits per heavy atom. The van der Waals surface area contributed by atoms with Gasteiger partial charge in [-0.1, -0.05) is 30.3 Å². The Morgan fingerprint density at radius 3 is 2.07 bits per heavy atom. The molecule has 286 valence electrons. The van der Waals surface area contributed by atoms with E-state index in [1.165, 1.54) is 39.3 Å². The zero-order valence-corrected chi connectivity index (χ0v) is 34.7. The molecule has 4 radical (unpaired) electrons. The van der Waals surface area contributed by atoms with E-state index in [0.717, 1.165) is 16.0 Å². The van der Waals surface area contributed by atoms with Crippen LogP contribution >= 0.6 is 0 Å². The molecule has 4 aromatic carbocycles. The largest absolute Gasteiger partial charge is 0.416 e. The molecule has 15 heteroatoms. The molecule has 1 unspecified atom stereocenters. The van der Waals surface area contributed by atoms with Crippen molar-refractivity contribution >= 4 is 44.2 Å². The topological polar surface area (TPSA) is 84.9 Å². The van der Waals surface area contributed by atoms with Crippen LogP contribution in [0.4, 0.5) is 26.3 Å². The number of halogens is 6. The Balaban J connectivity index is 0.00000784. The van der Waals surface area contributed by atoms with E-state index in [0.29, 0.717) is 42.7 Å². The molecule has 4 aromatic rings. The minimum atomic E-state index is -5.08. The molecule has 1 N–H and O–H groups in total. The summed E-state index contributed by atoms with van der Waals surface area (Å²) in [5.74, 6) is -1.11. The molecule has 0 heterocycles. The third kappa shape index (κ3) is 13.8. The van der Waals surface area contributed by atoms with Crippen molar-refractivity contribution in [3.63, 3.8) is 0 Å². The normalized spacial score (nSPS) is 11.9. The number of amides is 2. The third-order valence-electron chi connectivity index (χ3n) is 8.27. The average Bonchev–Trinajstić information content (AvgIpc) is 3.12. The fourth-order valence-corrected chi connectivity index (χ4v) is 6.05. The van der Waals surface area contributed by atoms with Crippen LogP contribution < -0.4 is 18.4 Å². The average molecular weight is 1030 g/mol. The van der Waals surface area contributed by atoms with Gasteiger partial charge in [-0.05, 0) is 47.9 Å². The number of alkyl halides is 6. The van der Waals surface area contributed by atoms with Crippen LogP contribution in [-0.2, 0) is 73.2 Å². The number of ether oxygens (including phenoxy) is 2. The van der Waals surface area contributed by atoms with Crippen LogP contribution in [0.3, 0.4) is 0 Å². The number of rotatable bonds is 17. The van der Waals surface area contributed by atoms with E-state index in [1.54, 1.807) is 42.5 Å². The Morgan fingerprint density at radius 1 is 0.833 bits per heavy atom.